The summed E-state index contributed by atoms with van der Waals surface area (Å²) in [4.78, 5) is 26.0. The van der Waals surface area contributed by atoms with Gasteiger partial charge in [0.05, 0.1) is 12.7 Å². The van der Waals surface area contributed by atoms with Gasteiger partial charge in [-0.25, -0.2) is 4.79 Å². The molecule has 7 heteroatoms. The quantitative estimate of drug-likeness (QED) is 0.827. The van der Waals surface area contributed by atoms with Crippen molar-refractivity contribution in [1.82, 2.24) is 10.2 Å². The summed E-state index contributed by atoms with van der Waals surface area (Å²) in [5, 5.41) is 12.1. The van der Waals surface area contributed by atoms with E-state index in [1.807, 2.05) is 30.3 Å². The average Bonchev–Trinajstić information content (AvgIpc) is 2.97. The van der Waals surface area contributed by atoms with Crippen LogP contribution in [0, 0.1) is 0 Å². The van der Waals surface area contributed by atoms with Crippen LogP contribution in [0.5, 0.6) is 5.75 Å². The summed E-state index contributed by atoms with van der Waals surface area (Å²) in [5.41, 5.74) is 1.41. The molecule has 1 fully saturated rings. The van der Waals surface area contributed by atoms with Gasteiger partial charge in [-0.05, 0) is 36.2 Å². The van der Waals surface area contributed by atoms with E-state index in [0.29, 0.717) is 38.2 Å². The maximum absolute atomic E-state index is 12.3. The van der Waals surface area contributed by atoms with Crippen molar-refractivity contribution < 1.29 is 24.2 Å². The van der Waals surface area contributed by atoms with E-state index in [9.17, 15) is 14.7 Å². The molecule has 148 valence electrons. The third kappa shape index (κ3) is 5.72. The van der Waals surface area contributed by atoms with E-state index in [4.69, 9.17) is 9.47 Å². The smallest absolute Gasteiger partial charge is 0.410 e. The SMILES string of the molecule is O=C(NC[C@@H]1CCN(C(=O)OCc2ccccc2)CCO1)c1ccc(O)cc1. The summed E-state index contributed by atoms with van der Waals surface area (Å²) in [6.07, 6.45) is 0.0743. The molecule has 1 atom stereocenters. The highest BCUT2D eigenvalue weighted by Crippen LogP contribution is 2.11. The summed E-state index contributed by atoms with van der Waals surface area (Å²) in [7, 11) is 0. The van der Waals surface area contributed by atoms with Crippen molar-refractivity contribution in [2.45, 2.75) is 19.1 Å². The van der Waals surface area contributed by atoms with Crippen LogP contribution in [0.1, 0.15) is 22.3 Å². The molecule has 1 heterocycles. The van der Waals surface area contributed by atoms with E-state index in [0.717, 1.165) is 5.56 Å². The standard InChI is InChI=1S/C21H24N2O5/c24-18-8-6-17(7-9-18)20(25)22-14-19-10-11-23(12-13-27-19)21(26)28-15-16-4-2-1-3-5-16/h1-9,19,24H,10-15H2,(H,22,25)/t19-/m0/s1. The first-order valence-electron chi connectivity index (χ1n) is 9.26. The lowest BCUT2D eigenvalue weighted by atomic mass is 10.2. The van der Waals surface area contributed by atoms with Gasteiger partial charge in [0, 0.05) is 25.2 Å². The number of nitrogens with zero attached hydrogens (tertiary/aromatic N) is 1. The summed E-state index contributed by atoms with van der Waals surface area (Å²) in [5.74, 6) is -0.116. The Balaban J connectivity index is 1.42. The lowest BCUT2D eigenvalue weighted by Crippen LogP contribution is -2.35. The minimum atomic E-state index is -0.360. The third-order valence-corrected chi connectivity index (χ3v) is 4.52. The van der Waals surface area contributed by atoms with E-state index in [1.165, 1.54) is 12.1 Å². The fourth-order valence-corrected chi connectivity index (χ4v) is 2.90. The van der Waals surface area contributed by atoms with Crippen LogP contribution in [0.25, 0.3) is 0 Å². The van der Waals surface area contributed by atoms with Crippen LogP contribution in [0.3, 0.4) is 0 Å². The lowest BCUT2D eigenvalue weighted by molar-refractivity contribution is 0.0569. The van der Waals surface area contributed by atoms with E-state index in [2.05, 4.69) is 5.32 Å². The van der Waals surface area contributed by atoms with Crippen molar-refractivity contribution in [1.29, 1.82) is 0 Å². The van der Waals surface area contributed by atoms with Gasteiger partial charge in [-0.2, -0.15) is 0 Å². The zero-order valence-electron chi connectivity index (χ0n) is 15.5. The number of phenolic OH excluding ortho intramolecular Hbond substituents is 1. The molecule has 0 bridgehead atoms. The van der Waals surface area contributed by atoms with Gasteiger partial charge in [-0.3, -0.25) is 4.79 Å². The second-order valence-corrected chi connectivity index (χ2v) is 6.57. The number of rotatable bonds is 5. The van der Waals surface area contributed by atoms with Crippen molar-refractivity contribution >= 4 is 12.0 Å². The minimum absolute atomic E-state index is 0.114. The van der Waals surface area contributed by atoms with Crippen LogP contribution in [0.4, 0.5) is 4.79 Å². The van der Waals surface area contributed by atoms with E-state index >= 15 is 0 Å². The molecule has 1 aliphatic heterocycles. The molecule has 2 amide bonds. The number of carbonyl (C=O) groups excluding carboxylic acids is 2. The van der Waals surface area contributed by atoms with Crippen LogP contribution < -0.4 is 5.32 Å². The Morgan fingerprint density at radius 1 is 1.11 bits per heavy atom. The first kappa shape index (κ1) is 19.7. The number of nitrogens with one attached hydrogen (secondary N) is 1. The number of benzene rings is 2. The molecule has 7 nitrogen and oxygen atoms in total. The second kappa shape index (κ2) is 9.75. The molecular weight excluding hydrogens is 360 g/mol. The van der Waals surface area contributed by atoms with Gasteiger partial charge in [0.2, 0.25) is 0 Å². The van der Waals surface area contributed by atoms with Gasteiger partial charge < -0.3 is 24.8 Å². The molecule has 2 aromatic rings. The number of ether oxygens (including phenoxy) is 2. The highest BCUT2D eigenvalue weighted by atomic mass is 16.6. The number of aromatic hydroxyl groups is 1. The predicted octanol–water partition coefficient (Wildman–Crippen LogP) is 2.55. The molecular formula is C21H24N2O5. The second-order valence-electron chi connectivity index (χ2n) is 6.57. The van der Waals surface area contributed by atoms with Crippen LogP contribution in [0.15, 0.2) is 54.6 Å². The summed E-state index contributed by atoms with van der Waals surface area (Å²) >= 11 is 0. The number of amides is 2. The Morgan fingerprint density at radius 3 is 2.61 bits per heavy atom. The molecule has 2 aromatic carbocycles. The normalized spacial score (nSPS) is 16.9. The monoisotopic (exact) mass is 384 g/mol. The average molecular weight is 384 g/mol. The minimum Gasteiger partial charge on any atom is -0.508 e. The van der Waals surface area contributed by atoms with Gasteiger partial charge in [0.1, 0.15) is 12.4 Å². The molecule has 0 radical (unpaired) electrons. The summed E-state index contributed by atoms with van der Waals surface area (Å²) in [6.45, 7) is 1.94. The summed E-state index contributed by atoms with van der Waals surface area (Å²) in [6, 6.07) is 15.6. The third-order valence-electron chi connectivity index (χ3n) is 4.52. The van der Waals surface area contributed by atoms with Gasteiger partial charge in [0.25, 0.3) is 5.91 Å². The zero-order valence-corrected chi connectivity index (χ0v) is 15.5. The van der Waals surface area contributed by atoms with E-state index < -0.39 is 0 Å². The fraction of sp³-hybridized carbons (Fsp3) is 0.333. The maximum Gasteiger partial charge on any atom is 0.410 e. The predicted molar refractivity (Wildman–Crippen MR) is 103 cm³/mol. The van der Waals surface area contributed by atoms with Crippen molar-refractivity contribution in [3.05, 3.63) is 65.7 Å². The molecule has 1 saturated heterocycles. The molecule has 3 rings (SSSR count). The molecule has 2 N–H and O–H groups in total. The van der Waals surface area contributed by atoms with Gasteiger partial charge in [-0.1, -0.05) is 30.3 Å². The molecule has 0 saturated carbocycles. The Hall–Kier alpha value is -3.06. The first-order chi connectivity index (χ1) is 13.6. The van der Waals surface area contributed by atoms with Crippen molar-refractivity contribution in [3.8, 4) is 5.75 Å². The highest BCUT2D eigenvalue weighted by Gasteiger charge is 2.22. The Morgan fingerprint density at radius 2 is 1.86 bits per heavy atom. The summed E-state index contributed by atoms with van der Waals surface area (Å²) < 4.78 is 11.1. The van der Waals surface area contributed by atoms with Crippen molar-refractivity contribution in [2.75, 3.05) is 26.2 Å². The fourth-order valence-electron chi connectivity index (χ4n) is 2.90. The van der Waals surface area contributed by atoms with Crippen molar-refractivity contribution in [3.63, 3.8) is 0 Å². The Kier molecular flexibility index (Phi) is 6.86. The zero-order chi connectivity index (χ0) is 19.8. The molecule has 0 aliphatic carbocycles. The maximum atomic E-state index is 12.3. The van der Waals surface area contributed by atoms with Crippen LogP contribution in [0.2, 0.25) is 0 Å². The molecule has 0 unspecified atom stereocenters. The number of phenols is 1. The van der Waals surface area contributed by atoms with Gasteiger partial charge >= 0.3 is 6.09 Å². The molecule has 0 spiro atoms. The number of hydrogen-bond donors (Lipinski definition) is 2. The van der Waals surface area contributed by atoms with Crippen molar-refractivity contribution in [2.24, 2.45) is 0 Å². The van der Waals surface area contributed by atoms with Crippen LogP contribution in [-0.2, 0) is 16.1 Å². The topological polar surface area (TPSA) is 88.1 Å². The Labute approximate surface area is 163 Å². The van der Waals surface area contributed by atoms with Crippen LogP contribution in [-0.4, -0.2) is 54.4 Å². The van der Waals surface area contributed by atoms with E-state index in [-0.39, 0.29) is 30.5 Å². The molecule has 0 aromatic heterocycles. The van der Waals surface area contributed by atoms with Gasteiger partial charge in [0.15, 0.2) is 0 Å². The lowest BCUT2D eigenvalue weighted by Gasteiger charge is -2.19. The van der Waals surface area contributed by atoms with Gasteiger partial charge in [-0.15, -0.1) is 0 Å². The first-order valence-corrected chi connectivity index (χ1v) is 9.26. The number of carbonyl (C=O) groups is 2. The number of hydrogen-bond acceptors (Lipinski definition) is 5. The molecule has 28 heavy (non-hydrogen) atoms. The Bertz CT molecular complexity index is 779. The van der Waals surface area contributed by atoms with E-state index in [1.54, 1.807) is 17.0 Å². The largest absolute Gasteiger partial charge is 0.508 e. The highest BCUT2D eigenvalue weighted by molar-refractivity contribution is 5.94. The van der Waals surface area contributed by atoms with Crippen LogP contribution >= 0.6 is 0 Å². The molecule has 1 aliphatic rings.